The lowest BCUT2D eigenvalue weighted by Crippen LogP contribution is -2.28. The third-order valence-corrected chi connectivity index (χ3v) is 8.00. The van der Waals surface area contributed by atoms with Gasteiger partial charge in [0.05, 0.1) is 11.0 Å². The van der Waals surface area contributed by atoms with E-state index < -0.39 is 0 Å². The van der Waals surface area contributed by atoms with Gasteiger partial charge in [-0.15, -0.1) is 0 Å². The van der Waals surface area contributed by atoms with Gasteiger partial charge in [-0.25, -0.2) is 4.39 Å². The first-order valence-corrected chi connectivity index (χ1v) is 15.4. The Morgan fingerprint density at radius 2 is 1.73 bits per heavy atom. The minimum Gasteiger partial charge on any atom is -0.359 e. The fourth-order valence-corrected chi connectivity index (χ4v) is 5.35. The summed E-state index contributed by atoms with van der Waals surface area (Å²) < 4.78 is 13.6. The number of hydrogen-bond acceptors (Lipinski definition) is 4. The molecule has 0 unspecified atom stereocenters. The van der Waals surface area contributed by atoms with E-state index >= 15 is 0 Å². The second kappa shape index (κ2) is 17.0. The molecule has 5 nitrogen and oxygen atoms in total. The van der Waals surface area contributed by atoms with Crippen LogP contribution in [0.3, 0.4) is 0 Å². The van der Waals surface area contributed by atoms with Crippen molar-refractivity contribution in [2.75, 3.05) is 13.1 Å². The summed E-state index contributed by atoms with van der Waals surface area (Å²) >= 11 is 0. The Labute approximate surface area is 268 Å². The number of hydrogen-bond donors (Lipinski definition) is 4. The molecule has 1 aromatic heterocycles. The molecule has 3 rings (SSSR count). The van der Waals surface area contributed by atoms with Gasteiger partial charge in [-0.2, -0.15) is 5.10 Å². The molecule has 6 heteroatoms. The molecule has 1 saturated heterocycles. The maximum Gasteiger partial charge on any atom is 0.123 e. The molecule has 2 aromatic rings. The molecule has 4 N–H and O–H groups in total. The minimum absolute atomic E-state index is 0.277. The van der Waals surface area contributed by atoms with E-state index in [4.69, 9.17) is 0 Å². The summed E-state index contributed by atoms with van der Waals surface area (Å²) in [7, 11) is 0. The fraction of sp³-hybridized carbons (Fsp3) is 0.256. The zero-order chi connectivity index (χ0) is 32.9. The highest BCUT2D eigenvalue weighted by Crippen LogP contribution is 2.26. The van der Waals surface area contributed by atoms with Gasteiger partial charge in [0.2, 0.25) is 0 Å². The Bertz CT molecular complexity index is 1670. The van der Waals surface area contributed by atoms with E-state index in [0.29, 0.717) is 17.3 Å². The summed E-state index contributed by atoms with van der Waals surface area (Å²) in [5.74, 6) is 0.363. The van der Waals surface area contributed by atoms with Crippen LogP contribution in [-0.4, -0.2) is 23.3 Å². The number of nitrogens with one attached hydrogen (secondary N) is 4. The van der Waals surface area contributed by atoms with Crippen LogP contribution in [0.15, 0.2) is 121 Å². The molecule has 0 saturated carbocycles. The molecule has 1 aromatic carbocycles. The summed E-state index contributed by atoms with van der Waals surface area (Å²) in [6, 6.07) is 6.43. The van der Waals surface area contributed by atoms with Crippen LogP contribution in [0.4, 0.5) is 4.39 Å². The Balaban J connectivity index is 1.87. The largest absolute Gasteiger partial charge is 0.359 e. The maximum absolute atomic E-state index is 13.6. The van der Waals surface area contributed by atoms with Crippen LogP contribution in [0.1, 0.15) is 58.2 Å². The van der Waals surface area contributed by atoms with Crippen molar-refractivity contribution >= 4 is 23.4 Å². The molecule has 1 fully saturated rings. The van der Waals surface area contributed by atoms with Gasteiger partial charge in [0.25, 0.3) is 0 Å². The van der Waals surface area contributed by atoms with Gasteiger partial charge in [-0.1, -0.05) is 69.3 Å². The van der Waals surface area contributed by atoms with Crippen molar-refractivity contribution in [2.45, 2.75) is 47.0 Å². The third kappa shape index (κ3) is 9.65. The van der Waals surface area contributed by atoms with Crippen LogP contribution in [0.25, 0.3) is 23.4 Å². The van der Waals surface area contributed by atoms with Crippen LogP contribution in [-0.2, 0) is 0 Å². The summed E-state index contributed by atoms with van der Waals surface area (Å²) in [5.41, 5.74) is 8.63. The quantitative estimate of drug-likeness (QED) is 0.171. The first kappa shape index (κ1) is 34.8. The maximum atomic E-state index is 13.6. The van der Waals surface area contributed by atoms with E-state index in [2.05, 4.69) is 59.0 Å². The zero-order valence-corrected chi connectivity index (χ0v) is 27.3. The second-order valence-electron chi connectivity index (χ2n) is 11.2. The van der Waals surface area contributed by atoms with E-state index in [1.165, 1.54) is 25.0 Å². The molecular weight excluding hydrogens is 557 g/mol. The Morgan fingerprint density at radius 3 is 2.33 bits per heavy atom. The number of piperidine rings is 1. The number of aromatic amines is 1. The standard InChI is InChI=1S/C39H48FN5/c1-10-14-36(33-15-17-34(40)18-16-33)28(7)29(8)43-30(9)39-37(38(13-4)44-45-39)23-26(5)32(11-2)25-35(12-3)42-27(6)24-31-19-21-41-22-20-31/h10-18,23,25,31,41-44H,1,3,5-6,9,19-22,24H2,2,4,7-8H3/b29-28+,32-11+,35-25+,36-14+,37-23+,38-13+. The predicted molar refractivity (Wildman–Crippen MR) is 191 cm³/mol. The topological polar surface area (TPSA) is 64.8 Å². The van der Waals surface area contributed by atoms with E-state index in [1.54, 1.807) is 18.2 Å². The van der Waals surface area contributed by atoms with Crippen molar-refractivity contribution in [3.63, 3.8) is 0 Å². The van der Waals surface area contributed by atoms with Gasteiger partial charge in [0.15, 0.2) is 0 Å². The highest BCUT2D eigenvalue weighted by molar-refractivity contribution is 5.80. The number of benzene rings is 1. The van der Waals surface area contributed by atoms with E-state index in [0.717, 1.165) is 75.0 Å². The summed E-state index contributed by atoms with van der Waals surface area (Å²) in [6.45, 7) is 30.9. The first-order valence-electron chi connectivity index (χ1n) is 15.4. The average Bonchev–Trinajstić information content (AvgIpc) is 3.44. The molecule has 0 bridgehead atoms. The summed E-state index contributed by atoms with van der Waals surface area (Å²) in [4.78, 5) is 0. The summed E-state index contributed by atoms with van der Waals surface area (Å²) in [5, 5.41) is 19.8. The predicted octanol–water partition coefficient (Wildman–Crippen LogP) is 7.32. The molecule has 1 aliphatic rings. The molecule has 0 spiro atoms. The van der Waals surface area contributed by atoms with Crippen molar-refractivity contribution in [3.05, 3.63) is 149 Å². The number of rotatable bonds is 14. The Kier molecular flexibility index (Phi) is 13.1. The van der Waals surface area contributed by atoms with Crippen molar-refractivity contribution in [2.24, 2.45) is 5.92 Å². The van der Waals surface area contributed by atoms with E-state index in [1.807, 2.05) is 64.2 Å². The van der Waals surface area contributed by atoms with Gasteiger partial charge >= 0.3 is 0 Å². The lowest BCUT2D eigenvalue weighted by atomic mass is 9.93. The SMILES string of the molecule is C=C/C=C(\C(C)=C(/C)NC(=C)c1n[nH]c(=C/C)/c1=C\C(=C)C(/C=C(\C=C)NC(=C)CC1CCNCC1)=C/C)c1ccc(F)cc1. The summed E-state index contributed by atoms with van der Waals surface area (Å²) in [6.07, 6.45) is 16.8. The molecule has 0 amide bonds. The number of halogens is 1. The highest BCUT2D eigenvalue weighted by Gasteiger charge is 2.15. The first-order chi connectivity index (χ1) is 21.6. The van der Waals surface area contributed by atoms with Crippen LogP contribution >= 0.6 is 0 Å². The molecule has 0 aliphatic carbocycles. The molecule has 1 aliphatic heterocycles. The fourth-order valence-electron chi connectivity index (χ4n) is 5.35. The number of nitrogens with zero attached hydrogens (tertiary/aromatic N) is 1. The monoisotopic (exact) mass is 605 g/mol. The van der Waals surface area contributed by atoms with E-state index in [-0.39, 0.29) is 5.82 Å². The van der Waals surface area contributed by atoms with Gasteiger partial charge < -0.3 is 16.0 Å². The molecule has 2 heterocycles. The van der Waals surface area contributed by atoms with Gasteiger partial charge in [-0.05, 0) is 124 Å². The normalized spacial score (nSPS) is 16.2. The second-order valence-corrected chi connectivity index (χ2v) is 11.2. The Morgan fingerprint density at radius 1 is 1.04 bits per heavy atom. The molecule has 0 atom stereocenters. The van der Waals surface area contributed by atoms with Gasteiger partial charge in [0, 0.05) is 22.3 Å². The Hall–Kier alpha value is -4.68. The van der Waals surface area contributed by atoms with Crippen molar-refractivity contribution in [3.8, 4) is 0 Å². The lowest BCUT2D eigenvalue weighted by Gasteiger charge is -2.24. The minimum atomic E-state index is -0.277. The number of aromatic nitrogens is 2. The molecule has 0 radical (unpaired) electrons. The molecular formula is C39H48FN5. The highest BCUT2D eigenvalue weighted by atomic mass is 19.1. The van der Waals surface area contributed by atoms with Crippen molar-refractivity contribution in [1.29, 1.82) is 0 Å². The average molecular weight is 606 g/mol. The van der Waals surface area contributed by atoms with E-state index in [9.17, 15) is 4.39 Å². The van der Waals surface area contributed by atoms with Gasteiger partial charge in [0.1, 0.15) is 11.5 Å². The lowest BCUT2D eigenvalue weighted by molar-refractivity contribution is 0.368. The van der Waals surface area contributed by atoms with Crippen LogP contribution in [0.5, 0.6) is 0 Å². The smallest absolute Gasteiger partial charge is 0.123 e. The van der Waals surface area contributed by atoms with Crippen LogP contribution in [0.2, 0.25) is 0 Å². The third-order valence-electron chi connectivity index (χ3n) is 8.00. The van der Waals surface area contributed by atoms with Crippen molar-refractivity contribution in [1.82, 2.24) is 26.1 Å². The van der Waals surface area contributed by atoms with Crippen LogP contribution < -0.4 is 26.5 Å². The molecule has 45 heavy (non-hydrogen) atoms. The van der Waals surface area contributed by atoms with Gasteiger partial charge in [-0.3, -0.25) is 5.10 Å². The van der Waals surface area contributed by atoms with Crippen LogP contribution in [0, 0.1) is 11.7 Å². The number of allylic oxidation sites excluding steroid dienone is 11. The number of H-pyrrole nitrogens is 1. The van der Waals surface area contributed by atoms with Crippen molar-refractivity contribution < 1.29 is 4.39 Å². The zero-order valence-electron chi connectivity index (χ0n) is 27.3. The molecule has 236 valence electrons.